The molecule has 1 aliphatic carbocycles. The van der Waals surface area contributed by atoms with Crippen LogP contribution in [0.5, 0.6) is 5.75 Å². The number of benzene rings is 1. The average Bonchev–Trinajstić information content (AvgIpc) is 3.22. The molecular weight excluding hydrogens is 238 g/mol. The molecule has 1 saturated carbocycles. The second-order valence-corrected chi connectivity index (χ2v) is 5.38. The lowest BCUT2D eigenvalue weighted by atomic mass is 10.2. The van der Waals surface area contributed by atoms with Crippen molar-refractivity contribution >= 4 is 0 Å². The summed E-state index contributed by atoms with van der Waals surface area (Å²) >= 11 is 0. The van der Waals surface area contributed by atoms with Gasteiger partial charge in [-0.05, 0) is 36.5 Å². The van der Waals surface area contributed by atoms with Crippen molar-refractivity contribution in [3.63, 3.8) is 0 Å². The average molecular weight is 263 g/mol. The molecule has 0 heterocycles. The summed E-state index contributed by atoms with van der Waals surface area (Å²) in [7, 11) is 0. The Kier molecular flexibility index (Phi) is 5.23. The molecule has 0 aromatic heterocycles. The summed E-state index contributed by atoms with van der Waals surface area (Å²) in [6.07, 6.45) is 3.04. The van der Waals surface area contributed by atoms with Gasteiger partial charge in [-0.25, -0.2) is 0 Å². The number of nitrogens with one attached hydrogen (secondary N) is 1. The molecule has 0 spiro atoms. The number of aliphatic hydroxyl groups is 1. The lowest BCUT2D eigenvalue weighted by Crippen LogP contribution is -2.33. The number of rotatable bonds is 8. The van der Waals surface area contributed by atoms with Crippen LogP contribution in [0.3, 0.4) is 0 Å². The molecule has 1 aromatic carbocycles. The minimum Gasteiger partial charge on any atom is -0.491 e. The largest absolute Gasteiger partial charge is 0.491 e. The van der Waals surface area contributed by atoms with Gasteiger partial charge in [0.1, 0.15) is 18.5 Å². The van der Waals surface area contributed by atoms with E-state index in [0.29, 0.717) is 19.2 Å². The maximum Gasteiger partial charge on any atom is 0.119 e. The van der Waals surface area contributed by atoms with Crippen molar-refractivity contribution < 1.29 is 9.84 Å². The summed E-state index contributed by atoms with van der Waals surface area (Å²) in [5, 5.41) is 13.3. The van der Waals surface area contributed by atoms with E-state index in [-0.39, 0.29) is 0 Å². The molecule has 0 aliphatic heterocycles. The van der Waals surface area contributed by atoms with Crippen LogP contribution in [0.25, 0.3) is 0 Å². The highest BCUT2D eigenvalue weighted by Crippen LogP contribution is 2.32. The summed E-state index contributed by atoms with van der Waals surface area (Å²) in [6, 6.07) is 8.67. The Morgan fingerprint density at radius 2 is 2.26 bits per heavy atom. The first-order valence-electron chi connectivity index (χ1n) is 7.36. The molecule has 19 heavy (non-hydrogen) atoms. The van der Waals surface area contributed by atoms with E-state index in [0.717, 1.165) is 18.1 Å². The highest BCUT2D eigenvalue weighted by Gasteiger charge is 2.34. The summed E-state index contributed by atoms with van der Waals surface area (Å²) in [6.45, 7) is 5.31. The second kappa shape index (κ2) is 6.92. The fourth-order valence-electron chi connectivity index (χ4n) is 2.34. The molecule has 3 heteroatoms. The van der Waals surface area contributed by atoms with E-state index >= 15 is 0 Å². The Morgan fingerprint density at radius 3 is 2.95 bits per heavy atom. The maximum atomic E-state index is 9.89. The molecule has 0 amide bonds. The predicted octanol–water partition coefficient (Wildman–Crippen LogP) is 2.38. The van der Waals surface area contributed by atoms with E-state index < -0.39 is 6.10 Å². The first-order valence-corrected chi connectivity index (χ1v) is 7.36. The van der Waals surface area contributed by atoms with Gasteiger partial charge in [0.2, 0.25) is 0 Å². The third-order valence-electron chi connectivity index (χ3n) is 3.81. The molecule has 106 valence electrons. The third-order valence-corrected chi connectivity index (χ3v) is 3.81. The predicted molar refractivity (Wildman–Crippen MR) is 77.5 cm³/mol. The third kappa shape index (κ3) is 4.51. The zero-order valence-electron chi connectivity index (χ0n) is 11.9. The van der Waals surface area contributed by atoms with E-state index in [4.69, 9.17) is 4.74 Å². The van der Waals surface area contributed by atoms with Crippen molar-refractivity contribution in [2.24, 2.45) is 5.92 Å². The van der Waals surface area contributed by atoms with Crippen LogP contribution in [-0.2, 0) is 6.42 Å². The van der Waals surface area contributed by atoms with Gasteiger partial charge < -0.3 is 15.2 Å². The minimum atomic E-state index is -0.441. The number of hydrogen-bond donors (Lipinski definition) is 2. The molecule has 3 atom stereocenters. The fraction of sp³-hybridized carbons (Fsp3) is 0.625. The number of ether oxygens (including phenoxy) is 1. The van der Waals surface area contributed by atoms with E-state index in [1.165, 1.54) is 18.4 Å². The van der Waals surface area contributed by atoms with Crippen molar-refractivity contribution in [2.45, 2.75) is 45.3 Å². The minimum absolute atomic E-state index is 0.351. The fourth-order valence-corrected chi connectivity index (χ4v) is 2.34. The van der Waals surface area contributed by atoms with Crippen molar-refractivity contribution in [2.75, 3.05) is 13.2 Å². The normalized spacial score (nSPS) is 23.1. The lowest BCUT2D eigenvalue weighted by Gasteiger charge is -2.13. The van der Waals surface area contributed by atoms with Crippen LogP contribution in [0.15, 0.2) is 24.3 Å². The molecule has 3 unspecified atom stereocenters. The number of aliphatic hydroxyl groups excluding tert-OH is 1. The summed E-state index contributed by atoms with van der Waals surface area (Å²) in [4.78, 5) is 0. The van der Waals surface area contributed by atoms with E-state index in [2.05, 4.69) is 25.2 Å². The van der Waals surface area contributed by atoms with Crippen LogP contribution >= 0.6 is 0 Å². The highest BCUT2D eigenvalue weighted by molar-refractivity contribution is 5.28. The molecule has 1 fully saturated rings. The van der Waals surface area contributed by atoms with Gasteiger partial charge in [-0.2, -0.15) is 0 Å². The van der Waals surface area contributed by atoms with Crippen molar-refractivity contribution in [3.8, 4) is 5.75 Å². The zero-order chi connectivity index (χ0) is 13.7. The van der Waals surface area contributed by atoms with Crippen LogP contribution in [0, 0.1) is 5.92 Å². The SMILES string of the molecule is CCc1cccc(OCC(O)CNC2CC2CC)c1. The molecule has 3 nitrogen and oxygen atoms in total. The van der Waals surface area contributed by atoms with E-state index in [9.17, 15) is 5.11 Å². The molecule has 1 aromatic rings. The zero-order valence-corrected chi connectivity index (χ0v) is 11.9. The van der Waals surface area contributed by atoms with Gasteiger partial charge in [0.25, 0.3) is 0 Å². The van der Waals surface area contributed by atoms with Crippen LogP contribution in [0.1, 0.15) is 32.3 Å². The van der Waals surface area contributed by atoms with Crippen molar-refractivity contribution in [1.29, 1.82) is 0 Å². The smallest absolute Gasteiger partial charge is 0.119 e. The van der Waals surface area contributed by atoms with Crippen molar-refractivity contribution in [1.82, 2.24) is 5.32 Å². The van der Waals surface area contributed by atoms with Gasteiger partial charge in [0, 0.05) is 12.6 Å². The van der Waals surface area contributed by atoms with Gasteiger partial charge in [0.05, 0.1) is 0 Å². The van der Waals surface area contributed by atoms with Crippen molar-refractivity contribution in [3.05, 3.63) is 29.8 Å². The van der Waals surface area contributed by atoms with Gasteiger partial charge in [-0.1, -0.05) is 32.4 Å². The quantitative estimate of drug-likeness (QED) is 0.756. The molecule has 0 radical (unpaired) electrons. The van der Waals surface area contributed by atoms with Gasteiger partial charge in [-0.15, -0.1) is 0 Å². The standard InChI is InChI=1S/C16H25NO2/c1-3-12-6-5-7-15(8-12)19-11-14(18)10-17-16-9-13(16)4-2/h5-8,13-14,16-18H,3-4,9-11H2,1-2H3. The van der Waals surface area contributed by atoms with E-state index in [1.54, 1.807) is 0 Å². The molecule has 0 saturated heterocycles. The van der Waals surface area contributed by atoms with Gasteiger partial charge in [-0.3, -0.25) is 0 Å². The van der Waals surface area contributed by atoms with Crippen LogP contribution < -0.4 is 10.1 Å². The Hall–Kier alpha value is -1.06. The number of hydrogen-bond acceptors (Lipinski definition) is 3. The summed E-state index contributed by atoms with van der Waals surface area (Å²) < 4.78 is 5.63. The van der Waals surface area contributed by atoms with Crippen LogP contribution in [0.2, 0.25) is 0 Å². The molecule has 2 rings (SSSR count). The lowest BCUT2D eigenvalue weighted by molar-refractivity contribution is 0.106. The molecule has 1 aliphatic rings. The van der Waals surface area contributed by atoms with E-state index in [1.807, 2.05) is 18.2 Å². The van der Waals surface area contributed by atoms with Crippen LogP contribution in [-0.4, -0.2) is 30.4 Å². The number of aryl methyl sites for hydroxylation is 1. The van der Waals surface area contributed by atoms with Crippen LogP contribution in [0.4, 0.5) is 0 Å². The topological polar surface area (TPSA) is 41.5 Å². The first kappa shape index (κ1) is 14.4. The van der Waals surface area contributed by atoms with Gasteiger partial charge >= 0.3 is 0 Å². The Morgan fingerprint density at radius 1 is 1.42 bits per heavy atom. The molecule has 2 N–H and O–H groups in total. The Bertz CT molecular complexity index is 394. The Balaban J connectivity index is 1.66. The summed E-state index contributed by atoms with van der Waals surface area (Å²) in [5.74, 6) is 1.66. The van der Waals surface area contributed by atoms with Gasteiger partial charge in [0.15, 0.2) is 0 Å². The molecular formula is C16H25NO2. The summed E-state index contributed by atoms with van der Waals surface area (Å²) in [5.41, 5.74) is 1.26. The molecule has 0 bridgehead atoms. The Labute approximate surface area is 116 Å². The second-order valence-electron chi connectivity index (χ2n) is 5.38. The maximum absolute atomic E-state index is 9.89. The highest BCUT2D eigenvalue weighted by atomic mass is 16.5. The first-order chi connectivity index (χ1) is 9.22. The monoisotopic (exact) mass is 263 g/mol.